The third-order valence-electron chi connectivity index (χ3n) is 2.21. The molecule has 0 fully saturated rings. The summed E-state index contributed by atoms with van der Waals surface area (Å²) in [4.78, 5) is 0. The molecule has 2 N–H and O–H groups in total. The van der Waals surface area contributed by atoms with Crippen molar-refractivity contribution in [3.05, 3.63) is 34.4 Å². The molecule has 0 aliphatic carbocycles. The summed E-state index contributed by atoms with van der Waals surface area (Å²) in [6.45, 7) is 0. The molecule has 0 aliphatic rings. The average molecular weight is 288 g/mol. The highest BCUT2D eigenvalue weighted by Gasteiger charge is 2.18. The molecule has 0 spiro atoms. The normalized spacial score (nSPS) is 10.8. The molecule has 0 saturated carbocycles. The molecule has 0 radical (unpaired) electrons. The molecule has 1 heterocycles. The molecule has 3 nitrogen and oxygen atoms in total. The summed E-state index contributed by atoms with van der Waals surface area (Å²) < 4.78 is 29.0. The average Bonchev–Trinajstić information content (AvgIpc) is 2.47. The van der Waals surface area contributed by atoms with Gasteiger partial charge < -0.3 is 5.73 Å². The van der Waals surface area contributed by atoms with Crippen molar-refractivity contribution in [1.82, 2.24) is 9.78 Å². The molecule has 1 aromatic heterocycles. The first-order valence-electron chi connectivity index (χ1n) is 4.43. The number of aryl methyl sites for hydroxylation is 1. The van der Waals surface area contributed by atoms with Crippen molar-refractivity contribution < 1.29 is 8.78 Å². The van der Waals surface area contributed by atoms with Gasteiger partial charge in [0.25, 0.3) is 0 Å². The fourth-order valence-electron chi connectivity index (χ4n) is 1.53. The lowest BCUT2D eigenvalue weighted by Gasteiger charge is -2.07. The minimum absolute atomic E-state index is 0.166. The zero-order chi connectivity index (χ0) is 11.9. The van der Waals surface area contributed by atoms with E-state index in [-0.39, 0.29) is 16.9 Å². The Kier molecular flexibility index (Phi) is 2.67. The first-order valence-corrected chi connectivity index (χ1v) is 5.22. The van der Waals surface area contributed by atoms with Crippen molar-refractivity contribution in [2.75, 3.05) is 5.73 Å². The second kappa shape index (κ2) is 3.86. The van der Waals surface area contributed by atoms with Crippen molar-refractivity contribution in [3.63, 3.8) is 0 Å². The number of hydrogen-bond acceptors (Lipinski definition) is 2. The van der Waals surface area contributed by atoms with Crippen molar-refractivity contribution in [2.24, 2.45) is 7.05 Å². The molecule has 2 rings (SSSR count). The van der Waals surface area contributed by atoms with Gasteiger partial charge in [-0.15, -0.1) is 0 Å². The van der Waals surface area contributed by atoms with Crippen LogP contribution in [0.25, 0.3) is 11.3 Å². The van der Waals surface area contributed by atoms with Gasteiger partial charge in [0.2, 0.25) is 0 Å². The Morgan fingerprint density at radius 3 is 2.31 bits per heavy atom. The van der Waals surface area contributed by atoms with Crippen LogP contribution in [0.4, 0.5) is 14.5 Å². The van der Waals surface area contributed by atoms with Gasteiger partial charge in [-0.3, -0.25) is 4.68 Å². The van der Waals surface area contributed by atoms with Crippen LogP contribution in [0.3, 0.4) is 0 Å². The summed E-state index contributed by atoms with van der Waals surface area (Å²) in [5.74, 6) is -1.36. The molecular weight excluding hydrogens is 280 g/mol. The van der Waals surface area contributed by atoms with Crippen LogP contribution in [0.2, 0.25) is 0 Å². The van der Waals surface area contributed by atoms with E-state index >= 15 is 0 Å². The Balaban J connectivity index is 2.74. The van der Waals surface area contributed by atoms with E-state index in [1.807, 2.05) is 0 Å². The van der Waals surface area contributed by atoms with Gasteiger partial charge in [0.05, 0.1) is 23.1 Å². The van der Waals surface area contributed by atoms with Crippen molar-refractivity contribution >= 4 is 21.6 Å². The number of anilines is 1. The van der Waals surface area contributed by atoms with Gasteiger partial charge in [0.1, 0.15) is 11.6 Å². The number of halogens is 3. The lowest BCUT2D eigenvalue weighted by atomic mass is 10.1. The fraction of sp³-hybridized carbons (Fsp3) is 0.100. The standard InChI is InChI=1S/C10H8BrF2N3/c1-16-10(8(14)4-15-16)9-6(12)2-5(11)3-7(9)13/h2-4H,14H2,1H3. The predicted molar refractivity (Wildman–Crippen MR) is 60.7 cm³/mol. The molecule has 0 amide bonds. The van der Waals surface area contributed by atoms with Crippen LogP contribution in [0, 0.1) is 11.6 Å². The summed E-state index contributed by atoms with van der Waals surface area (Å²) in [6, 6.07) is 2.37. The molecule has 16 heavy (non-hydrogen) atoms. The Morgan fingerprint density at radius 2 is 1.88 bits per heavy atom. The topological polar surface area (TPSA) is 43.8 Å². The Hall–Kier alpha value is -1.43. The second-order valence-electron chi connectivity index (χ2n) is 3.32. The largest absolute Gasteiger partial charge is 0.396 e. The van der Waals surface area contributed by atoms with E-state index in [2.05, 4.69) is 21.0 Å². The maximum Gasteiger partial charge on any atom is 0.136 e. The molecule has 0 unspecified atom stereocenters. The Morgan fingerprint density at radius 1 is 1.31 bits per heavy atom. The minimum atomic E-state index is -0.679. The number of benzene rings is 1. The summed E-state index contributed by atoms with van der Waals surface area (Å²) in [6.07, 6.45) is 1.36. The summed E-state index contributed by atoms with van der Waals surface area (Å²) >= 11 is 3.01. The highest BCUT2D eigenvalue weighted by atomic mass is 79.9. The van der Waals surface area contributed by atoms with Crippen LogP contribution in [0.15, 0.2) is 22.8 Å². The smallest absolute Gasteiger partial charge is 0.136 e. The fourth-order valence-corrected chi connectivity index (χ4v) is 1.93. The summed E-state index contributed by atoms with van der Waals surface area (Å²) in [5, 5.41) is 3.84. The summed E-state index contributed by atoms with van der Waals surface area (Å²) in [5.41, 5.74) is 5.93. The molecule has 0 bridgehead atoms. The van der Waals surface area contributed by atoms with Crippen LogP contribution in [0.1, 0.15) is 0 Å². The van der Waals surface area contributed by atoms with E-state index in [9.17, 15) is 8.78 Å². The van der Waals surface area contributed by atoms with E-state index in [0.29, 0.717) is 4.47 Å². The number of hydrogen-bond donors (Lipinski definition) is 1. The van der Waals surface area contributed by atoms with Gasteiger partial charge in [-0.2, -0.15) is 5.10 Å². The highest BCUT2D eigenvalue weighted by Crippen LogP contribution is 2.31. The Labute approximate surface area is 99.0 Å². The third-order valence-corrected chi connectivity index (χ3v) is 2.67. The SMILES string of the molecule is Cn1ncc(N)c1-c1c(F)cc(Br)cc1F. The lowest BCUT2D eigenvalue weighted by molar-refractivity contribution is 0.584. The molecule has 0 atom stereocenters. The van der Waals surface area contributed by atoms with Gasteiger partial charge in [-0.05, 0) is 12.1 Å². The molecule has 2 aromatic rings. The molecule has 0 saturated heterocycles. The van der Waals surface area contributed by atoms with Crippen LogP contribution in [0.5, 0.6) is 0 Å². The minimum Gasteiger partial charge on any atom is -0.396 e. The molecular formula is C10H8BrF2N3. The number of nitrogen functional groups attached to an aromatic ring is 1. The number of nitrogens with zero attached hydrogens (tertiary/aromatic N) is 2. The predicted octanol–water partition coefficient (Wildman–Crippen LogP) is 2.71. The van der Waals surface area contributed by atoms with Gasteiger partial charge in [-0.1, -0.05) is 15.9 Å². The van der Waals surface area contributed by atoms with E-state index in [4.69, 9.17) is 5.73 Å². The van der Waals surface area contributed by atoms with Crippen molar-refractivity contribution in [3.8, 4) is 11.3 Å². The van der Waals surface area contributed by atoms with Crippen LogP contribution in [-0.4, -0.2) is 9.78 Å². The van der Waals surface area contributed by atoms with Crippen LogP contribution < -0.4 is 5.73 Å². The summed E-state index contributed by atoms with van der Waals surface area (Å²) in [7, 11) is 1.58. The molecule has 0 aliphatic heterocycles. The molecule has 84 valence electrons. The maximum absolute atomic E-state index is 13.7. The lowest BCUT2D eigenvalue weighted by Crippen LogP contribution is -2.00. The molecule has 1 aromatic carbocycles. The molecule has 6 heteroatoms. The zero-order valence-corrected chi connectivity index (χ0v) is 9.92. The Bertz CT molecular complexity index is 508. The monoisotopic (exact) mass is 287 g/mol. The van der Waals surface area contributed by atoms with Gasteiger partial charge in [0.15, 0.2) is 0 Å². The first-order chi connectivity index (χ1) is 7.50. The number of rotatable bonds is 1. The van der Waals surface area contributed by atoms with E-state index in [1.165, 1.54) is 23.0 Å². The zero-order valence-electron chi connectivity index (χ0n) is 8.34. The van der Waals surface area contributed by atoms with Crippen LogP contribution >= 0.6 is 15.9 Å². The van der Waals surface area contributed by atoms with E-state index in [1.54, 1.807) is 7.05 Å². The van der Waals surface area contributed by atoms with Crippen LogP contribution in [-0.2, 0) is 7.05 Å². The van der Waals surface area contributed by atoms with Gasteiger partial charge >= 0.3 is 0 Å². The van der Waals surface area contributed by atoms with E-state index < -0.39 is 11.6 Å². The van der Waals surface area contributed by atoms with Gasteiger partial charge in [0, 0.05) is 11.5 Å². The quantitative estimate of drug-likeness (QED) is 0.876. The maximum atomic E-state index is 13.7. The van der Waals surface area contributed by atoms with Crippen molar-refractivity contribution in [2.45, 2.75) is 0 Å². The first kappa shape index (κ1) is 11.1. The third kappa shape index (κ3) is 1.69. The highest BCUT2D eigenvalue weighted by molar-refractivity contribution is 9.10. The van der Waals surface area contributed by atoms with E-state index in [0.717, 1.165) is 0 Å². The van der Waals surface area contributed by atoms with Gasteiger partial charge in [-0.25, -0.2) is 8.78 Å². The number of aromatic nitrogens is 2. The van der Waals surface area contributed by atoms with Crippen molar-refractivity contribution in [1.29, 1.82) is 0 Å². The second-order valence-corrected chi connectivity index (χ2v) is 4.23. The number of nitrogens with two attached hydrogens (primary N) is 1.